The van der Waals surface area contributed by atoms with Crippen LogP contribution in [0.25, 0.3) is 0 Å². The minimum absolute atomic E-state index is 0.403. The predicted molar refractivity (Wildman–Crippen MR) is 74.6 cm³/mol. The molecule has 0 saturated carbocycles. The molecule has 0 amide bonds. The largest absolute Gasteiger partial charge is 0.489 e. The molecule has 18 heavy (non-hydrogen) atoms. The summed E-state index contributed by atoms with van der Waals surface area (Å²) in [6.07, 6.45) is 1.73. The topological polar surface area (TPSA) is 34.2 Å². The molecule has 2 aromatic rings. The number of anilines is 1. The summed E-state index contributed by atoms with van der Waals surface area (Å²) in [6.45, 7) is 0.403. The van der Waals surface area contributed by atoms with Gasteiger partial charge in [0.25, 0.3) is 0 Å². The number of halogens is 2. The summed E-state index contributed by atoms with van der Waals surface area (Å²) in [5.74, 6) is 1.43. The number of ether oxygens (including phenoxy) is 1. The third-order valence-electron chi connectivity index (χ3n) is 2.36. The fraction of sp³-hybridized carbons (Fsp3) is 0.154. The normalized spacial score (nSPS) is 10.2. The first-order valence-corrected chi connectivity index (χ1v) is 6.15. The van der Waals surface area contributed by atoms with Crippen LogP contribution < -0.4 is 10.1 Å². The van der Waals surface area contributed by atoms with Crippen molar-refractivity contribution in [2.45, 2.75) is 6.61 Å². The van der Waals surface area contributed by atoms with Crippen molar-refractivity contribution in [3.8, 4) is 5.75 Å². The van der Waals surface area contributed by atoms with E-state index in [-0.39, 0.29) is 0 Å². The maximum Gasteiger partial charge on any atom is 0.132 e. The molecular formula is C13H12Cl2N2O. The number of nitrogens with zero attached hydrogens (tertiary/aromatic N) is 1. The molecule has 1 heterocycles. The Morgan fingerprint density at radius 2 is 1.94 bits per heavy atom. The van der Waals surface area contributed by atoms with Crippen LogP contribution in [-0.4, -0.2) is 12.0 Å². The van der Waals surface area contributed by atoms with Gasteiger partial charge < -0.3 is 10.1 Å². The van der Waals surface area contributed by atoms with Crippen LogP contribution >= 0.6 is 23.2 Å². The van der Waals surface area contributed by atoms with Gasteiger partial charge in [0.2, 0.25) is 0 Å². The average Bonchev–Trinajstić information content (AvgIpc) is 2.35. The highest BCUT2D eigenvalue weighted by Gasteiger charge is 2.04. The highest BCUT2D eigenvalue weighted by molar-refractivity contribution is 6.34. The highest BCUT2D eigenvalue weighted by atomic mass is 35.5. The fourth-order valence-electron chi connectivity index (χ4n) is 1.55. The maximum atomic E-state index is 5.90. The third-order valence-corrected chi connectivity index (χ3v) is 2.79. The lowest BCUT2D eigenvalue weighted by Crippen LogP contribution is -2.02. The summed E-state index contributed by atoms with van der Waals surface area (Å²) < 4.78 is 5.65. The summed E-state index contributed by atoms with van der Waals surface area (Å²) in [5, 5.41) is 4.12. The van der Waals surface area contributed by atoms with Gasteiger partial charge in [-0.2, -0.15) is 0 Å². The lowest BCUT2D eigenvalue weighted by molar-refractivity contribution is 0.306. The molecule has 0 spiro atoms. The Bertz CT molecular complexity index is 526. The van der Waals surface area contributed by atoms with Crippen LogP contribution in [0.5, 0.6) is 5.75 Å². The smallest absolute Gasteiger partial charge is 0.132 e. The lowest BCUT2D eigenvalue weighted by Gasteiger charge is -2.10. The molecule has 0 aliphatic heterocycles. The van der Waals surface area contributed by atoms with E-state index in [1.54, 1.807) is 24.4 Å². The van der Waals surface area contributed by atoms with Crippen molar-refractivity contribution < 1.29 is 4.74 Å². The molecule has 2 rings (SSSR count). The molecule has 94 valence electrons. The second kappa shape index (κ2) is 5.94. The summed E-state index contributed by atoms with van der Waals surface area (Å²) >= 11 is 11.8. The maximum absolute atomic E-state index is 5.90. The number of benzene rings is 1. The molecule has 0 aliphatic rings. The zero-order valence-electron chi connectivity index (χ0n) is 9.78. The van der Waals surface area contributed by atoms with Gasteiger partial charge >= 0.3 is 0 Å². The Balaban J connectivity index is 2.11. The zero-order valence-corrected chi connectivity index (χ0v) is 11.3. The van der Waals surface area contributed by atoms with E-state index in [0.717, 1.165) is 11.4 Å². The molecule has 0 atom stereocenters. The van der Waals surface area contributed by atoms with Gasteiger partial charge in [0.15, 0.2) is 0 Å². The summed E-state index contributed by atoms with van der Waals surface area (Å²) in [7, 11) is 1.82. The van der Waals surface area contributed by atoms with Crippen molar-refractivity contribution in [3.05, 3.63) is 52.1 Å². The van der Waals surface area contributed by atoms with Crippen molar-refractivity contribution in [2.24, 2.45) is 0 Å². The SMILES string of the molecule is CNc1ncccc1COc1cc(Cl)cc(Cl)c1. The minimum atomic E-state index is 0.403. The van der Waals surface area contributed by atoms with Crippen molar-refractivity contribution >= 4 is 29.0 Å². The average molecular weight is 283 g/mol. The number of aromatic nitrogens is 1. The van der Waals surface area contributed by atoms with Crippen molar-refractivity contribution in [1.82, 2.24) is 4.98 Å². The summed E-state index contributed by atoms with van der Waals surface area (Å²) in [5.41, 5.74) is 0.969. The van der Waals surface area contributed by atoms with Crippen LogP contribution in [0.3, 0.4) is 0 Å². The number of hydrogen-bond donors (Lipinski definition) is 1. The molecular weight excluding hydrogens is 271 g/mol. The first-order valence-electron chi connectivity index (χ1n) is 5.39. The second-order valence-corrected chi connectivity index (χ2v) is 4.53. The Kier molecular flexibility index (Phi) is 4.28. The highest BCUT2D eigenvalue weighted by Crippen LogP contribution is 2.25. The lowest BCUT2D eigenvalue weighted by atomic mass is 10.2. The molecule has 5 heteroatoms. The third kappa shape index (κ3) is 3.28. The number of nitrogens with one attached hydrogen (secondary N) is 1. The van der Waals surface area contributed by atoms with E-state index in [1.165, 1.54) is 0 Å². The quantitative estimate of drug-likeness (QED) is 0.920. The molecule has 0 unspecified atom stereocenters. The van der Waals surface area contributed by atoms with Gasteiger partial charge in [-0.05, 0) is 24.3 Å². The summed E-state index contributed by atoms with van der Waals surface area (Å²) in [6, 6.07) is 8.93. The molecule has 3 nitrogen and oxygen atoms in total. The number of pyridine rings is 1. The van der Waals surface area contributed by atoms with Crippen molar-refractivity contribution in [2.75, 3.05) is 12.4 Å². The standard InChI is InChI=1S/C13H12Cl2N2O/c1-16-13-9(3-2-4-17-13)8-18-12-6-10(14)5-11(15)7-12/h2-7H,8H2,1H3,(H,16,17). The Labute approximate surface area is 116 Å². The van der Waals surface area contributed by atoms with E-state index in [1.807, 2.05) is 19.2 Å². The number of hydrogen-bond acceptors (Lipinski definition) is 3. The molecule has 1 aromatic heterocycles. The van der Waals surface area contributed by atoms with E-state index in [0.29, 0.717) is 22.4 Å². The molecule has 0 fully saturated rings. The van der Waals surface area contributed by atoms with Crippen LogP contribution in [0.1, 0.15) is 5.56 Å². The minimum Gasteiger partial charge on any atom is -0.489 e. The van der Waals surface area contributed by atoms with E-state index in [9.17, 15) is 0 Å². The van der Waals surface area contributed by atoms with Gasteiger partial charge in [-0.25, -0.2) is 4.98 Å². The van der Waals surface area contributed by atoms with Crippen LogP contribution in [-0.2, 0) is 6.61 Å². The van der Waals surface area contributed by atoms with Gasteiger partial charge in [0, 0.05) is 28.9 Å². The fourth-order valence-corrected chi connectivity index (χ4v) is 2.06. The Morgan fingerprint density at radius 1 is 1.22 bits per heavy atom. The first-order chi connectivity index (χ1) is 8.69. The van der Waals surface area contributed by atoms with E-state index >= 15 is 0 Å². The summed E-state index contributed by atoms with van der Waals surface area (Å²) in [4.78, 5) is 4.20. The van der Waals surface area contributed by atoms with Gasteiger partial charge in [-0.3, -0.25) is 0 Å². The van der Waals surface area contributed by atoms with E-state index < -0.39 is 0 Å². The monoisotopic (exact) mass is 282 g/mol. The predicted octanol–water partition coefficient (Wildman–Crippen LogP) is 4.01. The van der Waals surface area contributed by atoms with Gasteiger partial charge in [-0.15, -0.1) is 0 Å². The molecule has 0 saturated heterocycles. The van der Waals surface area contributed by atoms with Crippen LogP contribution in [0, 0.1) is 0 Å². The Hall–Kier alpha value is -1.45. The zero-order chi connectivity index (χ0) is 13.0. The molecule has 0 bridgehead atoms. The molecule has 1 N–H and O–H groups in total. The molecule has 0 aliphatic carbocycles. The number of rotatable bonds is 4. The van der Waals surface area contributed by atoms with Gasteiger partial charge in [-0.1, -0.05) is 29.3 Å². The van der Waals surface area contributed by atoms with Crippen LogP contribution in [0.15, 0.2) is 36.5 Å². The second-order valence-electron chi connectivity index (χ2n) is 3.65. The van der Waals surface area contributed by atoms with Crippen molar-refractivity contribution in [1.29, 1.82) is 0 Å². The van der Waals surface area contributed by atoms with Crippen LogP contribution in [0.2, 0.25) is 10.0 Å². The van der Waals surface area contributed by atoms with Gasteiger partial charge in [0.05, 0.1) is 0 Å². The van der Waals surface area contributed by atoms with E-state index in [4.69, 9.17) is 27.9 Å². The molecule has 1 aromatic carbocycles. The van der Waals surface area contributed by atoms with Crippen LogP contribution in [0.4, 0.5) is 5.82 Å². The van der Waals surface area contributed by atoms with E-state index in [2.05, 4.69) is 10.3 Å². The molecule has 0 radical (unpaired) electrons. The van der Waals surface area contributed by atoms with Crippen molar-refractivity contribution in [3.63, 3.8) is 0 Å². The van der Waals surface area contributed by atoms with Gasteiger partial charge in [0.1, 0.15) is 18.2 Å². The Morgan fingerprint density at radius 3 is 2.61 bits per heavy atom. The first kappa shape index (κ1) is 13.0.